The summed E-state index contributed by atoms with van der Waals surface area (Å²) in [5, 5.41) is 3.49. The molecule has 0 aliphatic rings. The maximum Gasteiger partial charge on any atom is 0.119 e. The van der Waals surface area contributed by atoms with Gasteiger partial charge in [0.2, 0.25) is 0 Å². The summed E-state index contributed by atoms with van der Waals surface area (Å²) in [7, 11) is 0. The Balaban J connectivity index is 2.58. The van der Waals surface area contributed by atoms with Gasteiger partial charge in [0.15, 0.2) is 0 Å². The van der Waals surface area contributed by atoms with Crippen molar-refractivity contribution in [1.82, 2.24) is 5.32 Å². The standard InChI is InChI=1S/C18H27NO/c1-5-11-20-18-9-7-17(8-10-18)12-16(6-2)14-19-13-15(3)4/h5,7-10,12,15,19H,1,6,11,13-14H2,2-4H3. The van der Waals surface area contributed by atoms with Crippen LogP contribution in [-0.4, -0.2) is 19.7 Å². The van der Waals surface area contributed by atoms with E-state index >= 15 is 0 Å². The van der Waals surface area contributed by atoms with Crippen molar-refractivity contribution in [1.29, 1.82) is 0 Å². The minimum absolute atomic E-state index is 0.550. The molecule has 0 fully saturated rings. The number of ether oxygens (including phenoxy) is 1. The van der Waals surface area contributed by atoms with Gasteiger partial charge in [0.1, 0.15) is 12.4 Å². The second-order valence-corrected chi connectivity index (χ2v) is 5.35. The molecule has 1 aromatic carbocycles. The highest BCUT2D eigenvalue weighted by molar-refractivity contribution is 5.54. The van der Waals surface area contributed by atoms with Gasteiger partial charge in [-0.3, -0.25) is 0 Å². The fourth-order valence-corrected chi connectivity index (χ4v) is 1.85. The SMILES string of the molecule is C=CCOc1ccc(C=C(CC)CNCC(C)C)cc1. The molecule has 0 amide bonds. The van der Waals surface area contributed by atoms with E-state index in [1.165, 1.54) is 11.1 Å². The third kappa shape index (κ3) is 6.58. The molecule has 0 saturated carbocycles. The molecule has 2 nitrogen and oxygen atoms in total. The van der Waals surface area contributed by atoms with Crippen LogP contribution in [-0.2, 0) is 0 Å². The third-order valence-electron chi connectivity index (χ3n) is 2.98. The molecule has 110 valence electrons. The van der Waals surface area contributed by atoms with Crippen LogP contribution in [0.25, 0.3) is 6.08 Å². The van der Waals surface area contributed by atoms with Gasteiger partial charge in [0, 0.05) is 6.54 Å². The number of nitrogens with one attached hydrogen (secondary N) is 1. The fraction of sp³-hybridized carbons (Fsp3) is 0.444. The quantitative estimate of drug-likeness (QED) is 0.678. The Bertz CT molecular complexity index is 418. The highest BCUT2D eigenvalue weighted by Crippen LogP contribution is 2.15. The van der Waals surface area contributed by atoms with Crippen LogP contribution < -0.4 is 10.1 Å². The van der Waals surface area contributed by atoms with Crippen molar-refractivity contribution in [3.63, 3.8) is 0 Å². The first kappa shape index (κ1) is 16.5. The largest absolute Gasteiger partial charge is 0.490 e. The third-order valence-corrected chi connectivity index (χ3v) is 2.98. The van der Waals surface area contributed by atoms with Gasteiger partial charge in [0.25, 0.3) is 0 Å². The molecule has 0 atom stereocenters. The Hall–Kier alpha value is -1.54. The minimum Gasteiger partial charge on any atom is -0.490 e. The van der Waals surface area contributed by atoms with Crippen LogP contribution >= 0.6 is 0 Å². The Morgan fingerprint density at radius 1 is 1.30 bits per heavy atom. The van der Waals surface area contributed by atoms with Crippen LogP contribution in [0.4, 0.5) is 0 Å². The van der Waals surface area contributed by atoms with Gasteiger partial charge < -0.3 is 10.1 Å². The van der Waals surface area contributed by atoms with Gasteiger partial charge in [-0.05, 0) is 36.6 Å². The average molecular weight is 273 g/mol. The summed E-state index contributed by atoms with van der Waals surface area (Å²) in [6.45, 7) is 12.9. The highest BCUT2D eigenvalue weighted by Gasteiger charge is 1.98. The van der Waals surface area contributed by atoms with Gasteiger partial charge in [-0.1, -0.05) is 57.2 Å². The van der Waals surface area contributed by atoms with E-state index in [0.29, 0.717) is 12.5 Å². The van der Waals surface area contributed by atoms with E-state index in [4.69, 9.17) is 4.74 Å². The summed E-state index contributed by atoms with van der Waals surface area (Å²) >= 11 is 0. The van der Waals surface area contributed by atoms with E-state index in [9.17, 15) is 0 Å². The normalized spacial score (nSPS) is 11.7. The topological polar surface area (TPSA) is 21.3 Å². The number of hydrogen-bond donors (Lipinski definition) is 1. The molecule has 0 bridgehead atoms. The number of rotatable bonds is 9. The molecule has 1 aromatic rings. The summed E-state index contributed by atoms with van der Waals surface area (Å²) in [5.74, 6) is 1.58. The zero-order valence-electron chi connectivity index (χ0n) is 13.0. The molecule has 2 heteroatoms. The Morgan fingerprint density at radius 2 is 2.00 bits per heavy atom. The van der Waals surface area contributed by atoms with Crippen LogP contribution in [0.2, 0.25) is 0 Å². The van der Waals surface area contributed by atoms with Crippen LogP contribution in [0.15, 0.2) is 42.5 Å². The number of benzene rings is 1. The molecule has 20 heavy (non-hydrogen) atoms. The molecule has 0 unspecified atom stereocenters. The van der Waals surface area contributed by atoms with Crippen molar-refractivity contribution in [2.75, 3.05) is 19.7 Å². The molecule has 0 spiro atoms. The van der Waals surface area contributed by atoms with Crippen LogP contribution in [0.5, 0.6) is 5.75 Å². The molecule has 0 aromatic heterocycles. The van der Waals surface area contributed by atoms with Crippen molar-refractivity contribution >= 4 is 6.08 Å². The lowest BCUT2D eigenvalue weighted by molar-refractivity contribution is 0.363. The van der Waals surface area contributed by atoms with E-state index < -0.39 is 0 Å². The van der Waals surface area contributed by atoms with E-state index in [1.807, 2.05) is 12.1 Å². The van der Waals surface area contributed by atoms with E-state index in [1.54, 1.807) is 6.08 Å². The van der Waals surface area contributed by atoms with Crippen LogP contribution in [0.1, 0.15) is 32.8 Å². The Labute approximate surface area is 123 Å². The summed E-state index contributed by atoms with van der Waals surface area (Å²) < 4.78 is 5.48. The van der Waals surface area contributed by atoms with Crippen molar-refractivity contribution in [3.8, 4) is 5.75 Å². The number of hydrogen-bond acceptors (Lipinski definition) is 2. The van der Waals surface area contributed by atoms with E-state index in [0.717, 1.165) is 25.3 Å². The van der Waals surface area contributed by atoms with Crippen molar-refractivity contribution in [2.24, 2.45) is 5.92 Å². The first-order chi connectivity index (χ1) is 9.65. The van der Waals surface area contributed by atoms with Gasteiger partial charge in [-0.2, -0.15) is 0 Å². The molecular formula is C18H27NO. The minimum atomic E-state index is 0.550. The zero-order valence-corrected chi connectivity index (χ0v) is 13.0. The van der Waals surface area contributed by atoms with Gasteiger partial charge in [0.05, 0.1) is 0 Å². The summed E-state index contributed by atoms with van der Waals surface area (Å²) in [6.07, 6.45) is 5.08. The summed E-state index contributed by atoms with van der Waals surface area (Å²) in [6, 6.07) is 8.20. The lowest BCUT2D eigenvalue weighted by Crippen LogP contribution is -2.21. The first-order valence-electron chi connectivity index (χ1n) is 7.39. The Kier molecular flexibility index (Phi) is 7.74. The molecule has 0 heterocycles. The van der Waals surface area contributed by atoms with Crippen molar-refractivity contribution < 1.29 is 4.74 Å². The van der Waals surface area contributed by atoms with E-state index in [-0.39, 0.29) is 0 Å². The van der Waals surface area contributed by atoms with Gasteiger partial charge in [-0.15, -0.1) is 0 Å². The summed E-state index contributed by atoms with van der Waals surface area (Å²) in [5.41, 5.74) is 2.64. The van der Waals surface area contributed by atoms with Gasteiger partial charge >= 0.3 is 0 Å². The molecule has 1 N–H and O–H groups in total. The molecule has 0 aliphatic heterocycles. The fourth-order valence-electron chi connectivity index (χ4n) is 1.85. The maximum atomic E-state index is 5.48. The van der Waals surface area contributed by atoms with E-state index in [2.05, 4.69) is 50.9 Å². The Morgan fingerprint density at radius 3 is 2.55 bits per heavy atom. The zero-order chi connectivity index (χ0) is 14.8. The molecule has 0 radical (unpaired) electrons. The lowest BCUT2D eigenvalue weighted by Gasteiger charge is -2.10. The van der Waals surface area contributed by atoms with Crippen molar-refractivity contribution in [2.45, 2.75) is 27.2 Å². The van der Waals surface area contributed by atoms with Crippen LogP contribution in [0.3, 0.4) is 0 Å². The lowest BCUT2D eigenvalue weighted by atomic mass is 10.1. The maximum absolute atomic E-state index is 5.48. The summed E-state index contributed by atoms with van der Waals surface area (Å²) in [4.78, 5) is 0. The second-order valence-electron chi connectivity index (χ2n) is 5.35. The molecular weight excluding hydrogens is 246 g/mol. The smallest absolute Gasteiger partial charge is 0.119 e. The average Bonchev–Trinajstić information content (AvgIpc) is 2.45. The predicted octanol–water partition coefficient (Wildman–Crippen LogP) is 4.29. The molecule has 0 saturated heterocycles. The predicted molar refractivity (Wildman–Crippen MR) is 88.1 cm³/mol. The van der Waals surface area contributed by atoms with Crippen molar-refractivity contribution in [3.05, 3.63) is 48.1 Å². The first-order valence-corrected chi connectivity index (χ1v) is 7.39. The van der Waals surface area contributed by atoms with Gasteiger partial charge in [-0.25, -0.2) is 0 Å². The highest BCUT2D eigenvalue weighted by atomic mass is 16.5. The monoisotopic (exact) mass is 273 g/mol. The second kappa shape index (κ2) is 9.38. The van der Waals surface area contributed by atoms with Crippen LogP contribution in [0, 0.1) is 5.92 Å². The molecule has 1 rings (SSSR count). The molecule has 0 aliphatic carbocycles.